The summed E-state index contributed by atoms with van der Waals surface area (Å²) < 4.78 is 5.85. The molecule has 1 aromatic carbocycles. The standard InChI is InChI=1S/C13H19NO/c1-10(2)11-3-5-12(6-4-11)15-13-7-8-14-9-13/h3-6,10,13-14H,7-9H2,1-2H3. The van der Waals surface area contributed by atoms with Crippen molar-refractivity contribution >= 4 is 0 Å². The molecule has 0 aromatic heterocycles. The highest BCUT2D eigenvalue weighted by atomic mass is 16.5. The lowest BCUT2D eigenvalue weighted by Crippen LogP contribution is -2.19. The molecule has 0 aliphatic carbocycles. The molecule has 1 aromatic rings. The third kappa shape index (κ3) is 2.72. The lowest BCUT2D eigenvalue weighted by atomic mass is 10.0. The first-order valence-corrected chi connectivity index (χ1v) is 5.73. The highest BCUT2D eigenvalue weighted by Crippen LogP contribution is 2.20. The summed E-state index contributed by atoms with van der Waals surface area (Å²) in [6.07, 6.45) is 1.47. The number of hydrogen-bond acceptors (Lipinski definition) is 2. The van der Waals surface area contributed by atoms with E-state index in [1.54, 1.807) is 0 Å². The third-order valence-electron chi connectivity index (χ3n) is 2.86. The van der Waals surface area contributed by atoms with E-state index in [1.165, 1.54) is 5.56 Å². The maximum Gasteiger partial charge on any atom is 0.119 e. The summed E-state index contributed by atoms with van der Waals surface area (Å²) in [7, 11) is 0. The van der Waals surface area contributed by atoms with Gasteiger partial charge in [-0.15, -0.1) is 0 Å². The normalized spacial score (nSPS) is 20.9. The fourth-order valence-electron chi connectivity index (χ4n) is 1.85. The van der Waals surface area contributed by atoms with Gasteiger partial charge in [0, 0.05) is 6.54 Å². The van der Waals surface area contributed by atoms with E-state index in [-0.39, 0.29) is 0 Å². The minimum Gasteiger partial charge on any atom is -0.489 e. The van der Waals surface area contributed by atoms with E-state index in [2.05, 4.69) is 43.4 Å². The molecule has 1 heterocycles. The Hall–Kier alpha value is -1.02. The average molecular weight is 205 g/mol. The lowest BCUT2D eigenvalue weighted by Gasteiger charge is -2.13. The van der Waals surface area contributed by atoms with Crippen molar-refractivity contribution in [1.82, 2.24) is 5.32 Å². The molecular formula is C13H19NO. The zero-order valence-electron chi connectivity index (χ0n) is 9.49. The molecule has 0 amide bonds. The molecule has 0 radical (unpaired) electrons. The van der Waals surface area contributed by atoms with Gasteiger partial charge in [0.05, 0.1) is 0 Å². The summed E-state index contributed by atoms with van der Waals surface area (Å²) in [6, 6.07) is 8.46. The van der Waals surface area contributed by atoms with Gasteiger partial charge in [-0.2, -0.15) is 0 Å². The van der Waals surface area contributed by atoms with Gasteiger partial charge in [-0.05, 0) is 36.6 Å². The van der Waals surface area contributed by atoms with Crippen LogP contribution in [0.5, 0.6) is 5.75 Å². The molecule has 15 heavy (non-hydrogen) atoms. The second kappa shape index (κ2) is 4.67. The zero-order valence-corrected chi connectivity index (χ0v) is 9.49. The van der Waals surface area contributed by atoms with E-state index in [0.29, 0.717) is 12.0 Å². The molecule has 1 atom stereocenters. The summed E-state index contributed by atoms with van der Waals surface area (Å²) in [6.45, 7) is 6.47. The van der Waals surface area contributed by atoms with E-state index in [9.17, 15) is 0 Å². The van der Waals surface area contributed by atoms with E-state index in [4.69, 9.17) is 4.74 Å². The average Bonchev–Trinajstić information content (AvgIpc) is 2.71. The molecule has 2 heteroatoms. The van der Waals surface area contributed by atoms with Crippen LogP contribution < -0.4 is 10.1 Å². The molecule has 2 nitrogen and oxygen atoms in total. The summed E-state index contributed by atoms with van der Waals surface area (Å²) in [5, 5.41) is 3.30. The van der Waals surface area contributed by atoms with Crippen molar-refractivity contribution in [2.24, 2.45) is 0 Å². The molecular weight excluding hydrogens is 186 g/mol. The van der Waals surface area contributed by atoms with Gasteiger partial charge in [-0.1, -0.05) is 26.0 Å². The van der Waals surface area contributed by atoms with Crippen LogP contribution in [0.25, 0.3) is 0 Å². The van der Waals surface area contributed by atoms with Gasteiger partial charge in [0.25, 0.3) is 0 Å². The molecule has 0 saturated carbocycles. The van der Waals surface area contributed by atoms with Crippen molar-refractivity contribution in [3.8, 4) is 5.75 Å². The molecule has 82 valence electrons. The SMILES string of the molecule is CC(C)c1ccc(OC2CCNC2)cc1. The minimum atomic E-state index is 0.356. The second-order valence-electron chi connectivity index (χ2n) is 4.46. The maximum absolute atomic E-state index is 5.85. The summed E-state index contributed by atoms with van der Waals surface area (Å²) in [4.78, 5) is 0. The van der Waals surface area contributed by atoms with Crippen LogP contribution in [0, 0.1) is 0 Å². The molecule has 1 aliphatic rings. The van der Waals surface area contributed by atoms with Crippen LogP contribution >= 0.6 is 0 Å². The molecule has 1 fully saturated rings. The quantitative estimate of drug-likeness (QED) is 0.818. The minimum absolute atomic E-state index is 0.356. The van der Waals surface area contributed by atoms with Crippen LogP contribution in [0.2, 0.25) is 0 Å². The highest BCUT2D eigenvalue weighted by Gasteiger charge is 2.15. The van der Waals surface area contributed by atoms with Gasteiger partial charge in [0.15, 0.2) is 0 Å². The van der Waals surface area contributed by atoms with Gasteiger partial charge in [-0.25, -0.2) is 0 Å². The maximum atomic E-state index is 5.85. The molecule has 1 unspecified atom stereocenters. The fourth-order valence-corrected chi connectivity index (χ4v) is 1.85. The number of hydrogen-bond donors (Lipinski definition) is 1. The topological polar surface area (TPSA) is 21.3 Å². The van der Waals surface area contributed by atoms with Crippen LogP contribution in [-0.4, -0.2) is 19.2 Å². The Bertz CT molecular complexity index is 299. The second-order valence-corrected chi connectivity index (χ2v) is 4.46. The van der Waals surface area contributed by atoms with Crippen molar-refractivity contribution in [3.05, 3.63) is 29.8 Å². The third-order valence-corrected chi connectivity index (χ3v) is 2.86. The largest absolute Gasteiger partial charge is 0.489 e. The first-order chi connectivity index (χ1) is 7.25. The van der Waals surface area contributed by atoms with Gasteiger partial charge < -0.3 is 10.1 Å². The van der Waals surface area contributed by atoms with Gasteiger partial charge in [0.1, 0.15) is 11.9 Å². The molecule has 0 bridgehead atoms. The number of rotatable bonds is 3. The first kappa shape index (κ1) is 10.5. The van der Waals surface area contributed by atoms with Crippen LogP contribution in [0.1, 0.15) is 31.7 Å². The van der Waals surface area contributed by atoms with Crippen LogP contribution in [-0.2, 0) is 0 Å². The Morgan fingerprint density at radius 1 is 1.27 bits per heavy atom. The van der Waals surface area contributed by atoms with E-state index in [0.717, 1.165) is 25.3 Å². The lowest BCUT2D eigenvalue weighted by molar-refractivity contribution is 0.223. The van der Waals surface area contributed by atoms with Crippen molar-refractivity contribution in [2.45, 2.75) is 32.3 Å². The molecule has 2 rings (SSSR count). The van der Waals surface area contributed by atoms with E-state index < -0.39 is 0 Å². The van der Waals surface area contributed by atoms with Crippen LogP contribution in [0.3, 0.4) is 0 Å². The summed E-state index contributed by atoms with van der Waals surface area (Å²) in [5.74, 6) is 1.58. The number of nitrogens with one attached hydrogen (secondary N) is 1. The summed E-state index contributed by atoms with van der Waals surface area (Å²) in [5.41, 5.74) is 1.37. The van der Waals surface area contributed by atoms with E-state index in [1.807, 2.05) is 0 Å². The number of ether oxygens (including phenoxy) is 1. The fraction of sp³-hybridized carbons (Fsp3) is 0.538. The predicted octanol–water partition coefficient (Wildman–Crippen LogP) is 2.55. The molecule has 1 N–H and O–H groups in total. The molecule has 0 spiro atoms. The van der Waals surface area contributed by atoms with Crippen LogP contribution in [0.15, 0.2) is 24.3 Å². The monoisotopic (exact) mass is 205 g/mol. The van der Waals surface area contributed by atoms with Crippen molar-refractivity contribution in [2.75, 3.05) is 13.1 Å². The Balaban J connectivity index is 1.97. The molecule has 1 saturated heterocycles. The van der Waals surface area contributed by atoms with Gasteiger partial charge in [-0.3, -0.25) is 0 Å². The first-order valence-electron chi connectivity index (χ1n) is 5.73. The molecule has 1 aliphatic heterocycles. The van der Waals surface area contributed by atoms with E-state index >= 15 is 0 Å². The zero-order chi connectivity index (χ0) is 10.7. The Labute approximate surface area is 91.6 Å². The smallest absolute Gasteiger partial charge is 0.119 e. The Morgan fingerprint density at radius 2 is 2.00 bits per heavy atom. The van der Waals surface area contributed by atoms with Crippen molar-refractivity contribution in [1.29, 1.82) is 0 Å². The summed E-state index contributed by atoms with van der Waals surface area (Å²) >= 11 is 0. The highest BCUT2D eigenvalue weighted by molar-refractivity contribution is 5.29. The Morgan fingerprint density at radius 3 is 2.53 bits per heavy atom. The van der Waals surface area contributed by atoms with Crippen LogP contribution in [0.4, 0.5) is 0 Å². The van der Waals surface area contributed by atoms with Crippen molar-refractivity contribution < 1.29 is 4.74 Å². The van der Waals surface area contributed by atoms with Crippen molar-refractivity contribution in [3.63, 3.8) is 0 Å². The van der Waals surface area contributed by atoms with Gasteiger partial charge in [0.2, 0.25) is 0 Å². The Kier molecular flexibility index (Phi) is 3.27. The number of benzene rings is 1. The predicted molar refractivity (Wildman–Crippen MR) is 62.4 cm³/mol. The van der Waals surface area contributed by atoms with Gasteiger partial charge >= 0.3 is 0 Å².